The van der Waals surface area contributed by atoms with Crippen molar-refractivity contribution in [1.29, 1.82) is 0 Å². The van der Waals surface area contributed by atoms with Crippen LogP contribution in [0.3, 0.4) is 0 Å². The van der Waals surface area contributed by atoms with Crippen LogP contribution in [0.2, 0.25) is 0 Å². The topological polar surface area (TPSA) is 35.0 Å². The summed E-state index contributed by atoms with van der Waals surface area (Å²) in [6.07, 6.45) is 5.53. The zero-order chi connectivity index (χ0) is 15.6. The first kappa shape index (κ1) is 12.8. The molecule has 0 N–H and O–H groups in total. The normalized spacial score (nSPS) is 15.9. The molecule has 3 heteroatoms. The van der Waals surface area contributed by atoms with Crippen LogP contribution in [0.5, 0.6) is 5.75 Å². The van der Waals surface area contributed by atoms with Crippen molar-refractivity contribution in [3.05, 3.63) is 65.6 Å². The van der Waals surface area contributed by atoms with E-state index in [4.69, 9.17) is 4.74 Å². The second-order valence-electron chi connectivity index (χ2n) is 6.71. The second kappa shape index (κ2) is 4.19. The van der Waals surface area contributed by atoms with Gasteiger partial charge in [0.2, 0.25) is 0 Å². The smallest absolute Gasteiger partial charge is 0.145 e. The van der Waals surface area contributed by atoms with Gasteiger partial charge >= 0.3 is 0 Å². The summed E-state index contributed by atoms with van der Waals surface area (Å²) in [6.45, 7) is 5.17. The van der Waals surface area contributed by atoms with Crippen LogP contribution in [0.25, 0.3) is 22.4 Å². The monoisotopic (exact) mass is 300 g/mol. The number of aromatic nitrogens is 2. The standard InChI is InChI=1S/C20H16N2O/c1-20(2)15-4-3-8-22-19(15)14-6-5-12-11-23-16-10-21-9-7-13(16)17(12)18(14)20/h3-10H,11H2,1-2H3. The predicted octanol–water partition coefficient (Wildman–Crippen LogP) is 4.34. The molecule has 3 heterocycles. The van der Waals surface area contributed by atoms with E-state index in [9.17, 15) is 0 Å². The Morgan fingerprint density at radius 2 is 1.96 bits per heavy atom. The molecule has 0 saturated carbocycles. The number of benzene rings is 1. The molecule has 5 rings (SSSR count). The van der Waals surface area contributed by atoms with Crippen molar-refractivity contribution in [3.8, 4) is 28.1 Å². The maximum absolute atomic E-state index is 5.88. The van der Waals surface area contributed by atoms with Gasteiger partial charge in [0, 0.05) is 28.9 Å². The van der Waals surface area contributed by atoms with E-state index in [2.05, 4.69) is 48.1 Å². The Bertz CT molecular complexity index is 960. The van der Waals surface area contributed by atoms with Crippen LogP contribution >= 0.6 is 0 Å². The molecule has 0 saturated heterocycles. The molecule has 1 aromatic carbocycles. The first-order valence-electron chi connectivity index (χ1n) is 7.87. The first-order chi connectivity index (χ1) is 11.2. The Morgan fingerprint density at radius 1 is 1.04 bits per heavy atom. The fraction of sp³-hybridized carbons (Fsp3) is 0.200. The third-order valence-corrected chi connectivity index (χ3v) is 5.09. The highest BCUT2D eigenvalue weighted by molar-refractivity contribution is 5.90. The molecule has 0 unspecified atom stereocenters. The van der Waals surface area contributed by atoms with E-state index < -0.39 is 0 Å². The van der Waals surface area contributed by atoms with Gasteiger partial charge in [-0.25, -0.2) is 0 Å². The van der Waals surface area contributed by atoms with Gasteiger partial charge in [-0.15, -0.1) is 0 Å². The van der Waals surface area contributed by atoms with Gasteiger partial charge in [0.1, 0.15) is 12.4 Å². The van der Waals surface area contributed by atoms with E-state index in [1.807, 2.05) is 24.7 Å². The summed E-state index contributed by atoms with van der Waals surface area (Å²) in [5, 5.41) is 0. The number of hydrogen-bond acceptors (Lipinski definition) is 3. The summed E-state index contributed by atoms with van der Waals surface area (Å²) in [5.41, 5.74) is 8.62. The van der Waals surface area contributed by atoms with Gasteiger partial charge < -0.3 is 4.74 Å². The maximum atomic E-state index is 5.88. The molecule has 0 bridgehead atoms. The van der Waals surface area contributed by atoms with Crippen molar-refractivity contribution in [2.24, 2.45) is 0 Å². The SMILES string of the molecule is CC1(C)c2cccnc2-c2ccc3c(c21)-c1ccncc1OC3. The van der Waals surface area contributed by atoms with E-state index in [0.29, 0.717) is 6.61 Å². The van der Waals surface area contributed by atoms with Crippen molar-refractivity contribution < 1.29 is 4.74 Å². The van der Waals surface area contributed by atoms with Crippen LogP contribution in [0.1, 0.15) is 30.5 Å². The molecule has 2 aromatic heterocycles. The van der Waals surface area contributed by atoms with Gasteiger partial charge in [-0.3, -0.25) is 9.97 Å². The lowest BCUT2D eigenvalue weighted by Crippen LogP contribution is -2.19. The van der Waals surface area contributed by atoms with E-state index in [1.165, 1.54) is 27.8 Å². The van der Waals surface area contributed by atoms with Gasteiger partial charge in [-0.05, 0) is 34.4 Å². The Kier molecular flexibility index (Phi) is 2.34. The Morgan fingerprint density at radius 3 is 2.87 bits per heavy atom. The fourth-order valence-corrected chi connectivity index (χ4v) is 4.04. The van der Waals surface area contributed by atoms with Gasteiger partial charge in [0.05, 0.1) is 11.9 Å². The molecule has 1 aliphatic heterocycles. The zero-order valence-corrected chi connectivity index (χ0v) is 13.1. The van der Waals surface area contributed by atoms with Gasteiger partial charge in [0.15, 0.2) is 0 Å². The molecule has 112 valence electrons. The van der Waals surface area contributed by atoms with Crippen molar-refractivity contribution in [3.63, 3.8) is 0 Å². The number of rotatable bonds is 0. The molecule has 0 fully saturated rings. The van der Waals surface area contributed by atoms with E-state index >= 15 is 0 Å². The van der Waals surface area contributed by atoms with Gasteiger partial charge in [0.25, 0.3) is 0 Å². The minimum atomic E-state index is -0.0673. The highest BCUT2D eigenvalue weighted by Crippen LogP contribution is 2.54. The molecule has 0 radical (unpaired) electrons. The molecule has 0 atom stereocenters. The van der Waals surface area contributed by atoms with Crippen LogP contribution in [0.15, 0.2) is 48.9 Å². The van der Waals surface area contributed by atoms with Crippen molar-refractivity contribution in [1.82, 2.24) is 9.97 Å². The Labute approximate surface area is 135 Å². The third-order valence-electron chi connectivity index (χ3n) is 5.09. The van der Waals surface area contributed by atoms with Crippen molar-refractivity contribution in [2.75, 3.05) is 0 Å². The molecule has 1 aliphatic carbocycles. The highest BCUT2D eigenvalue weighted by Gasteiger charge is 2.40. The van der Waals surface area contributed by atoms with Gasteiger partial charge in [-0.1, -0.05) is 32.0 Å². The zero-order valence-electron chi connectivity index (χ0n) is 13.1. The predicted molar refractivity (Wildman–Crippen MR) is 89.4 cm³/mol. The van der Waals surface area contributed by atoms with Crippen molar-refractivity contribution >= 4 is 0 Å². The maximum Gasteiger partial charge on any atom is 0.145 e. The number of pyridine rings is 2. The largest absolute Gasteiger partial charge is 0.487 e. The minimum absolute atomic E-state index is 0.0673. The third kappa shape index (κ3) is 1.54. The first-order valence-corrected chi connectivity index (χ1v) is 7.87. The fourth-order valence-electron chi connectivity index (χ4n) is 4.04. The Balaban J connectivity index is 1.91. The van der Waals surface area contributed by atoms with Crippen LogP contribution in [-0.2, 0) is 12.0 Å². The van der Waals surface area contributed by atoms with Crippen molar-refractivity contribution in [2.45, 2.75) is 25.9 Å². The van der Waals surface area contributed by atoms with Gasteiger partial charge in [-0.2, -0.15) is 0 Å². The lowest BCUT2D eigenvalue weighted by molar-refractivity contribution is 0.300. The highest BCUT2D eigenvalue weighted by atomic mass is 16.5. The average molecular weight is 300 g/mol. The lowest BCUT2D eigenvalue weighted by Gasteiger charge is -2.29. The Hall–Kier alpha value is -2.68. The molecular formula is C20H16N2O. The summed E-state index contributed by atoms with van der Waals surface area (Å²) in [5.74, 6) is 0.869. The summed E-state index contributed by atoms with van der Waals surface area (Å²) in [6, 6.07) is 10.7. The number of fused-ring (bicyclic) bond motifs is 7. The molecular weight excluding hydrogens is 284 g/mol. The van der Waals surface area contributed by atoms with Crippen LogP contribution in [0.4, 0.5) is 0 Å². The number of hydrogen-bond donors (Lipinski definition) is 0. The van der Waals surface area contributed by atoms with E-state index in [0.717, 1.165) is 17.0 Å². The summed E-state index contributed by atoms with van der Waals surface area (Å²) >= 11 is 0. The molecule has 23 heavy (non-hydrogen) atoms. The second-order valence-corrected chi connectivity index (χ2v) is 6.71. The van der Waals surface area contributed by atoms with Crippen LogP contribution in [-0.4, -0.2) is 9.97 Å². The number of nitrogens with zero attached hydrogens (tertiary/aromatic N) is 2. The average Bonchev–Trinajstić information content (AvgIpc) is 2.83. The molecule has 3 aromatic rings. The molecule has 2 aliphatic rings. The lowest BCUT2D eigenvalue weighted by atomic mass is 9.77. The number of ether oxygens (including phenoxy) is 1. The van der Waals surface area contributed by atoms with E-state index in [1.54, 1.807) is 0 Å². The molecule has 0 amide bonds. The quantitative estimate of drug-likeness (QED) is 0.619. The van der Waals surface area contributed by atoms with Crippen LogP contribution < -0.4 is 4.74 Å². The van der Waals surface area contributed by atoms with Crippen LogP contribution in [0, 0.1) is 0 Å². The molecule has 3 nitrogen and oxygen atoms in total. The molecule has 0 spiro atoms. The summed E-state index contributed by atoms with van der Waals surface area (Å²) in [7, 11) is 0. The minimum Gasteiger partial charge on any atom is -0.487 e. The summed E-state index contributed by atoms with van der Waals surface area (Å²) < 4.78 is 5.88. The van der Waals surface area contributed by atoms with E-state index in [-0.39, 0.29) is 5.41 Å². The summed E-state index contributed by atoms with van der Waals surface area (Å²) in [4.78, 5) is 8.86.